The maximum Gasteiger partial charge on any atom is 0.182 e. The lowest BCUT2D eigenvalue weighted by atomic mass is 10.0. The summed E-state index contributed by atoms with van der Waals surface area (Å²) in [5, 5.41) is 7.86. The molecule has 0 aliphatic carbocycles. The van der Waals surface area contributed by atoms with E-state index in [4.69, 9.17) is 14.4 Å². The monoisotopic (exact) mass is 458 g/mol. The van der Waals surface area contributed by atoms with Gasteiger partial charge in [-0.1, -0.05) is 40.5 Å². The van der Waals surface area contributed by atoms with Crippen LogP contribution in [0.25, 0.3) is 0 Å². The highest BCUT2D eigenvalue weighted by molar-refractivity contribution is 6.45. The zero-order chi connectivity index (χ0) is 24.3. The van der Waals surface area contributed by atoms with E-state index in [2.05, 4.69) is 22.2 Å². The molecule has 0 bridgehead atoms. The number of carbonyl (C=O) groups excluding carboxylic acids is 1. The minimum atomic E-state index is -0.316. The Balaban J connectivity index is 1.61. The smallest absolute Gasteiger partial charge is 0.182 e. The van der Waals surface area contributed by atoms with E-state index < -0.39 is 0 Å². The van der Waals surface area contributed by atoms with Crippen LogP contribution in [0.4, 0.5) is 4.39 Å². The highest BCUT2D eigenvalue weighted by Crippen LogP contribution is 2.21. The molecule has 0 saturated heterocycles. The Morgan fingerprint density at radius 1 is 0.912 bits per heavy atom. The first-order valence-electron chi connectivity index (χ1n) is 10.4. The standard InChI is InChI=1S/C27H23FN2O4/c1-19(29-33-18-22-6-4-5-7-26(22)27(20(2)31)30-32-3)8-9-21-10-14-24(15-11-21)34-25-16-12-23(28)13-17-25/h4-7,10-17H,18H2,1-3H3/b29-19+,30-27-. The quantitative estimate of drug-likeness (QED) is 0.254. The van der Waals surface area contributed by atoms with Gasteiger partial charge in [0.15, 0.2) is 11.5 Å². The first-order chi connectivity index (χ1) is 16.5. The fraction of sp³-hybridized carbons (Fsp3) is 0.148. The molecular weight excluding hydrogens is 435 g/mol. The van der Waals surface area contributed by atoms with Crippen LogP contribution in [-0.4, -0.2) is 24.3 Å². The van der Waals surface area contributed by atoms with Crippen molar-refractivity contribution in [3.8, 4) is 23.3 Å². The number of carbonyl (C=O) groups is 1. The molecule has 0 heterocycles. The maximum absolute atomic E-state index is 13.0. The summed E-state index contributed by atoms with van der Waals surface area (Å²) < 4.78 is 18.7. The van der Waals surface area contributed by atoms with Crippen molar-refractivity contribution in [3.05, 3.63) is 95.3 Å². The van der Waals surface area contributed by atoms with Crippen molar-refractivity contribution < 1.29 is 23.6 Å². The van der Waals surface area contributed by atoms with Gasteiger partial charge in [0.25, 0.3) is 0 Å². The van der Waals surface area contributed by atoms with E-state index in [1.165, 1.54) is 26.2 Å². The molecule has 34 heavy (non-hydrogen) atoms. The van der Waals surface area contributed by atoms with Gasteiger partial charge in [0.1, 0.15) is 36.7 Å². The van der Waals surface area contributed by atoms with Gasteiger partial charge in [-0.25, -0.2) is 4.39 Å². The lowest BCUT2D eigenvalue weighted by Crippen LogP contribution is -2.14. The predicted octanol–water partition coefficient (Wildman–Crippen LogP) is 5.50. The van der Waals surface area contributed by atoms with E-state index in [1.54, 1.807) is 37.3 Å². The molecular formula is C27H23FN2O4. The van der Waals surface area contributed by atoms with E-state index >= 15 is 0 Å². The Bertz CT molecular complexity index is 1250. The van der Waals surface area contributed by atoms with Crippen LogP contribution in [0.1, 0.15) is 30.5 Å². The molecule has 0 saturated carbocycles. The second-order valence-corrected chi connectivity index (χ2v) is 7.12. The van der Waals surface area contributed by atoms with Crippen LogP contribution in [0, 0.1) is 17.7 Å². The molecule has 3 aromatic carbocycles. The van der Waals surface area contributed by atoms with Crippen molar-refractivity contribution >= 4 is 17.2 Å². The van der Waals surface area contributed by atoms with Crippen LogP contribution in [0.15, 0.2) is 83.1 Å². The normalized spacial score (nSPS) is 11.3. The van der Waals surface area contributed by atoms with E-state index in [0.29, 0.717) is 22.8 Å². The Labute approximate surface area is 197 Å². The van der Waals surface area contributed by atoms with Crippen molar-refractivity contribution in [2.75, 3.05) is 7.11 Å². The third kappa shape index (κ3) is 7.04. The molecule has 172 valence electrons. The number of hydrogen-bond donors (Lipinski definition) is 0. The van der Waals surface area contributed by atoms with E-state index in [0.717, 1.165) is 11.1 Å². The summed E-state index contributed by atoms with van der Waals surface area (Å²) in [5.74, 6) is 6.57. The van der Waals surface area contributed by atoms with E-state index in [1.807, 2.05) is 30.3 Å². The maximum atomic E-state index is 13.0. The van der Waals surface area contributed by atoms with Gasteiger partial charge in [0.05, 0.1) is 0 Å². The average Bonchev–Trinajstić information content (AvgIpc) is 2.84. The molecule has 0 aliphatic heterocycles. The van der Waals surface area contributed by atoms with Crippen molar-refractivity contribution in [3.63, 3.8) is 0 Å². The average molecular weight is 458 g/mol. The van der Waals surface area contributed by atoms with Crippen LogP contribution in [0.3, 0.4) is 0 Å². The fourth-order valence-corrected chi connectivity index (χ4v) is 2.90. The largest absolute Gasteiger partial charge is 0.457 e. The van der Waals surface area contributed by atoms with Crippen LogP contribution >= 0.6 is 0 Å². The molecule has 3 aromatic rings. The number of rotatable bonds is 8. The van der Waals surface area contributed by atoms with Gasteiger partial charge in [0, 0.05) is 23.6 Å². The second kappa shape index (κ2) is 12.0. The molecule has 0 atom stereocenters. The van der Waals surface area contributed by atoms with Gasteiger partial charge in [-0.3, -0.25) is 4.79 Å². The second-order valence-electron chi connectivity index (χ2n) is 7.12. The molecule has 6 nitrogen and oxygen atoms in total. The highest BCUT2D eigenvalue weighted by Gasteiger charge is 2.14. The fourth-order valence-electron chi connectivity index (χ4n) is 2.90. The lowest BCUT2D eigenvalue weighted by Gasteiger charge is -2.08. The van der Waals surface area contributed by atoms with E-state index in [9.17, 15) is 9.18 Å². The van der Waals surface area contributed by atoms with Crippen molar-refractivity contribution in [2.24, 2.45) is 10.3 Å². The third-order valence-electron chi connectivity index (χ3n) is 4.50. The van der Waals surface area contributed by atoms with Crippen LogP contribution in [-0.2, 0) is 21.1 Å². The molecule has 0 radical (unpaired) electrons. The molecule has 0 aromatic heterocycles. The summed E-state index contributed by atoms with van der Waals surface area (Å²) in [5.41, 5.74) is 2.84. The zero-order valence-corrected chi connectivity index (χ0v) is 19.0. The minimum Gasteiger partial charge on any atom is -0.457 e. The summed E-state index contributed by atoms with van der Waals surface area (Å²) in [4.78, 5) is 22.1. The van der Waals surface area contributed by atoms with Gasteiger partial charge in [-0.2, -0.15) is 0 Å². The number of nitrogens with zero attached hydrogens (tertiary/aromatic N) is 2. The minimum absolute atomic E-state index is 0.140. The van der Waals surface area contributed by atoms with Crippen LogP contribution < -0.4 is 4.74 Å². The molecule has 0 N–H and O–H groups in total. The Kier molecular flexibility index (Phi) is 8.53. The van der Waals surface area contributed by atoms with E-state index in [-0.39, 0.29) is 23.9 Å². The number of ether oxygens (including phenoxy) is 1. The van der Waals surface area contributed by atoms with Crippen molar-refractivity contribution in [1.29, 1.82) is 0 Å². The first-order valence-corrected chi connectivity index (χ1v) is 10.4. The van der Waals surface area contributed by atoms with Gasteiger partial charge < -0.3 is 14.4 Å². The number of hydrogen-bond acceptors (Lipinski definition) is 6. The van der Waals surface area contributed by atoms with Gasteiger partial charge in [-0.05, 0) is 61.4 Å². The molecule has 0 aliphatic rings. The van der Waals surface area contributed by atoms with Crippen LogP contribution in [0.2, 0.25) is 0 Å². The third-order valence-corrected chi connectivity index (χ3v) is 4.50. The number of Topliss-reactive ketones (excluding diaryl/α,β-unsaturated/α-hetero) is 1. The zero-order valence-electron chi connectivity index (χ0n) is 19.0. The molecule has 3 rings (SSSR count). The number of halogens is 1. The number of benzene rings is 3. The Morgan fingerprint density at radius 3 is 2.21 bits per heavy atom. The Morgan fingerprint density at radius 2 is 1.56 bits per heavy atom. The van der Waals surface area contributed by atoms with Gasteiger partial charge >= 0.3 is 0 Å². The molecule has 0 unspecified atom stereocenters. The predicted molar refractivity (Wildman–Crippen MR) is 128 cm³/mol. The van der Waals surface area contributed by atoms with Crippen molar-refractivity contribution in [1.82, 2.24) is 0 Å². The summed E-state index contributed by atoms with van der Waals surface area (Å²) in [7, 11) is 1.39. The molecule has 7 heteroatoms. The van der Waals surface area contributed by atoms with Gasteiger partial charge in [-0.15, -0.1) is 0 Å². The topological polar surface area (TPSA) is 69.5 Å². The lowest BCUT2D eigenvalue weighted by molar-refractivity contribution is -0.111. The Hall–Kier alpha value is -4.44. The summed E-state index contributed by atoms with van der Waals surface area (Å²) in [6.07, 6.45) is 0. The van der Waals surface area contributed by atoms with Crippen molar-refractivity contribution in [2.45, 2.75) is 20.5 Å². The molecule has 0 spiro atoms. The molecule has 0 fully saturated rings. The SMILES string of the molecule is CO/N=C(/C(C)=O)c1ccccc1CO/N=C(\C)C#Cc1ccc(Oc2ccc(F)cc2)cc1. The first kappa shape index (κ1) is 24.2. The summed E-state index contributed by atoms with van der Waals surface area (Å²) in [6, 6.07) is 20.2. The van der Waals surface area contributed by atoms with Gasteiger partial charge in [0.2, 0.25) is 0 Å². The highest BCUT2D eigenvalue weighted by atomic mass is 19.1. The summed E-state index contributed by atoms with van der Waals surface area (Å²) in [6.45, 7) is 3.30. The molecule has 0 amide bonds. The summed E-state index contributed by atoms with van der Waals surface area (Å²) >= 11 is 0. The number of ketones is 1. The number of oxime groups is 2. The van der Waals surface area contributed by atoms with Crippen LogP contribution in [0.5, 0.6) is 11.5 Å².